The number of hydrogen-bond acceptors (Lipinski definition) is 7. The van der Waals surface area contributed by atoms with Crippen molar-refractivity contribution in [2.24, 2.45) is 11.7 Å². The van der Waals surface area contributed by atoms with Gasteiger partial charge in [0.1, 0.15) is 22.9 Å². The highest BCUT2D eigenvalue weighted by Gasteiger charge is 2.34. The summed E-state index contributed by atoms with van der Waals surface area (Å²) in [5, 5.41) is 6.38. The van der Waals surface area contributed by atoms with Gasteiger partial charge < -0.3 is 16.4 Å². The zero-order valence-electron chi connectivity index (χ0n) is 22.6. The average molecular weight is 589 g/mol. The second-order valence-corrected chi connectivity index (χ2v) is 12.6. The molecule has 0 unspecified atom stereocenters. The lowest BCUT2D eigenvalue weighted by Crippen LogP contribution is -2.54. The number of nitrogens with zero attached hydrogens (tertiary/aromatic N) is 2. The van der Waals surface area contributed by atoms with E-state index in [-0.39, 0.29) is 46.4 Å². The standard InChI is InChI=1S/C28H34ClFN6O3S/c1-16(2)27(31)28(37)35-24-12-19(18-6-4-5-17(3)11-18)7-8-22(24)34-23-14-21(30)25(13-20(23)29)40(38,39)36-26-9-10-32-15-33-26/h4-6,9-11,13-16,19,22,24,27,34H,7-8,12,31H2,1-3H3,(H,35,37)(H,32,33,36)/t19-,22-,24-,27-/m0/s1. The van der Waals surface area contributed by atoms with Crippen molar-refractivity contribution in [2.45, 2.75) is 69.0 Å². The van der Waals surface area contributed by atoms with Crippen molar-refractivity contribution in [2.75, 3.05) is 10.0 Å². The topological polar surface area (TPSA) is 139 Å². The Hall–Kier alpha value is -3.28. The molecule has 214 valence electrons. The molecule has 12 heteroatoms. The SMILES string of the molecule is Cc1cccc([C@H]2CC[C@H](Nc3cc(F)c(S(=O)(=O)Nc4ccncn4)cc3Cl)[C@@H](NC(=O)[C@@H](N)C(C)C)C2)c1. The quantitative estimate of drug-likeness (QED) is 0.286. The van der Waals surface area contributed by atoms with Crippen molar-refractivity contribution in [1.29, 1.82) is 0 Å². The summed E-state index contributed by atoms with van der Waals surface area (Å²) in [5.41, 5.74) is 8.71. The molecule has 0 radical (unpaired) electrons. The van der Waals surface area contributed by atoms with E-state index < -0.39 is 26.8 Å². The molecule has 1 amide bonds. The fraction of sp³-hybridized carbons (Fsp3) is 0.393. The maximum Gasteiger partial charge on any atom is 0.266 e. The summed E-state index contributed by atoms with van der Waals surface area (Å²) < 4.78 is 43.0. The molecule has 1 fully saturated rings. The van der Waals surface area contributed by atoms with E-state index in [9.17, 15) is 13.2 Å². The summed E-state index contributed by atoms with van der Waals surface area (Å²) in [5.74, 6) is -1.07. The van der Waals surface area contributed by atoms with Gasteiger partial charge in [-0.3, -0.25) is 9.52 Å². The van der Waals surface area contributed by atoms with Crippen molar-refractivity contribution in [1.82, 2.24) is 15.3 Å². The molecule has 1 aliphatic carbocycles. The Kier molecular flexibility index (Phi) is 9.27. The number of sulfonamides is 1. The van der Waals surface area contributed by atoms with Crippen molar-refractivity contribution in [3.8, 4) is 0 Å². The lowest BCUT2D eigenvalue weighted by molar-refractivity contribution is -0.124. The number of aromatic nitrogens is 2. The Morgan fingerprint density at radius 1 is 1.15 bits per heavy atom. The van der Waals surface area contributed by atoms with Gasteiger partial charge in [-0.05, 0) is 61.8 Å². The van der Waals surface area contributed by atoms with Crippen LogP contribution in [0.3, 0.4) is 0 Å². The lowest BCUT2D eigenvalue weighted by atomic mass is 9.78. The molecule has 3 aromatic rings. The smallest absolute Gasteiger partial charge is 0.266 e. The van der Waals surface area contributed by atoms with Crippen LogP contribution in [0.4, 0.5) is 15.9 Å². The number of halogens is 2. The van der Waals surface area contributed by atoms with Gasteiger partial charge in [-0.2, -0.15) is 0 Å². The molecular weight excluding hydrogens is 555 g/mol. The first-order valence-electron chi connectivity index (χ1n) is 13.1. The maximum atomic E-state index is 15.2. The van der Waals surface area contributed by atoms with Crippen LogP contribution in [0.2, 0.25) is 5.02 Å². The minimum absolute atomic E-state index is 0.00344. The third-order valence-electron chi connectivity index (χ3n) is 7.19. The second-order valence-electron chi connectivity index (χ2n) is 10.5. The van der Waals surface area contributed by atoms with Crippen LogP contribution >= 0.6 is 11.6 Å². The number of carbonyl (C=O) groups excluding carboxylic acids is 1. The van der Waals surface area contributed by atoms with E-state index in [2.05, 4.69) is 37.5 Å². The molecule has 0 aliphatic heterocycles. The fourth-order valence-corrected chi connectivity index (χ4v) is 6.28. The summed E-state index contributed by atoms with van der Waals surface area (Å²) >= 11 is 6.46. The normalized spacial score (nSPS) is 20.1. The molecular formula is C28H34ClFN6O3S. The third kappa shape index (κ3) is 7.07. The van der Waals surface area contributed by atoms with Gasteiger partial charge >= 0.3 is 0 Å². The summed E-state index contributed by atoms with van der Waals surface area (Å²) in [6.45, 7) is 5.81. The molecule has 0 spiro atoms. The molecule has 2 aromatic carbocycles. The predicted molar refractivity (Wildman–Crippen MR) is 154 cm³/mol. The Bertz CT molecular complexity index is 1460. The van der Waals surface area contributed by atoms with Crippen LogP contribution in [0.25, 0.3) is 0 Å². The monoisotopic (exact) mass is 588 g/mol. The Morgan fingerprint density at radius 2 is 1.93 bits per heavy atom. The van der Waals surface area contributed by atoms with Crippen LogP contribution < -0.4 is 21.1 Å². The van der Waals surface area contributed by atoms with E-state index in [4.69, 9.17) is 17.3 Å². The highest BCUT2D eigenvalue weighted by atomic mass is 35.5. The zero-order chi connectivity index (χ0) is 29.0. The Balaban J connectivity index is 1.57. The number of benzene rings is 2. The number of anilines is 2. The van der Waals surface area contributed by atoms with Gasteiger partial charge in [0.2, 0.25) is 5.91 Å². The van der Waals surface area contributed by atoms with Gasteiger partial charge in [-0.15, -0.1) is 0 Å². The minimum atomic E-state index is -4.30. The first kappa shape index (κ1) is 29.7. The molecule has 9 nitrogen and oxygen atoms in total. The molecule has 1 aromatic heterocycles. The molecule has 5 N–H and O–H groups in total. The number of hydrogen-bond donors (Lipinski definition) is 4. The Labute approximate surface area is 239 Å². The number of amides is 1. The molecule has 1 heterocycles. The van der Waals surface area contributed by atoms with Crippen molar-refractivity contribution in [3.63, 3.8) is 0 Å². The van der Waals surface area contributed by atoms with Crippen LogP contribution in [0, 0.1) is 18.7 Å². The largest absolute Gasteiger partial charge is 0.379 e. The van der Waals surface area contributed by atoms with Gasteiger partial charge in [-0.1, -0.05) is 55.3 Å². The van der Waals surface area contributed by atoms with Crippen molar-refractivity contribution in [3.05, 3.63) is 77.0 Å². The summed E-state index contributed by atoms with van der Waals surface area (Å²) in [4.78, 5) is 19.9. The number of aryl methyl sites for hydroxylation is 1. The second kappa shape index (κ2) is 12.5. The number of nitrogens with two attached hydrogens (primary N) is 1. The number of carbonyl (C=O) groups is 1. The molecule has 0 saturated heterocycles. The van der Waals surface area contributed by atoms with Gasteiger partial charge in [-0.25, -0.2) is 22.8 Å². The molecule has 4 atom stereocenters. The van der Waals surface area contributed by atoms with Crippen molar-refractivity contribution < 1.29 is 17.6 Å². The van der Waals surface area contributed by atoms with E-state index >= 15 is 4.39 Å². The molecule has 1 aliphatic rings. The van der Waals surface area contributed by atoms with Crippen LogP contribution in [-0.4, -0.2) is 42.4 Å². The summed E-state index contributed by atoms with van der Waals surface area (Å²) in [7, 11) is -4.30. The number of nitrogens with one attached hydrogen (secondary N) is 3. The van der Waals surface area contributed by atoms with E-state index in [0.717, 1.165) is 24.1 Å². The highest BCUT2D eigenvalue weighted by Crippen LogP contribution is 2.37. The van der Waals surface area contributed by atoms with Gasteiger partial charge in [0.15, 0.2) is 0 Å². The maximum absolute atomic E-state index is 15.2. The first-order valence-corrected chi connectivity index (χ1v) is 15.0. The zero-order valence-corrected chi connectivity index (χ0v) is 24.1. The van der Waals surface area contributed by atoms with Gasteiger partial charge in [0, 0.05) is 18.3 Å². The predicted octanol–water partition coefficient (Wildman–Crippen LogP) is 4.59. The lowest BCUT2D eigenvalue weighted by Gasteiger charge is -2.38. The minimum Gasteiger partial charge on any atom is -0.379 e. The third-order valence-corrected chi connectivity index (χ3v) is 8.87. The molecule has 4 rings (SSSR count). The average Bonchev–Trinajstić information content (AvgIpc) is 2.91. The molecule has 0 bridgehead atoms. The molecule has 40 heavy (non-hydrogen) atoms. The molecule has 1 saturated carbocycles. The highest BCUT2D eigenvalue weighted by molar-refractivity contribution is 7.92. The summed E-state index contributed by atoms with van der Waals surface area (Å²) in [6.07, 6.45) is 4.67. The van der Waals surface area contributed by atoms with E-state index in [1.54, 1.807) is 0 Å². The van der Waals surface area contributed by atoms with Gasteiger partial charge in [0.25, 0.3) is 10.0 Å². The van der Waals surface area contributed by atoms with Crippen LogP contribution in [0.1, 0.15) is 50.2 Å². The number of rotatable bonds is 9. The summed E-state index contributed by atoms with van der Waals surface area (Å²) in [6, 6.07) is 10.5. The van der Waals surface area contributed by atoms with E-state index in [1.807, 2.05) is 32.9 Å². The van der Waals surface area contributed by atoms with Crippen molar-refractivity contribution >= 4 is 39.0 Å². The fourth-order valence-electron chi connectivity index (χ4n) is 4.90. The first-order chi connectivity index (χ1) is 18.9. The van der Waals surface area contributed by atoms with Gasteiger partial charge in [0.05, 0.1) is 16.8 Å². The van der Waals surface area contributed by atoms with Crippen LogP contribution in [0.5, 0.6) is 0 Å². The Morgan fingerprint density at radius 3 is 2.60 bits per heavy atom. The van der Waals surface area contributed by atoms with E-state index in [0.29, 0.717) is 12.8 Å². The van der Waals surface area contributed by atoms with Crippen LogP contribution in [0.15, 0.2) is 59.9 Å². The van der Waals surface area contributed by atoms with E-state index in [1.165, 1.54) is 24.2 Å². The van der Waals surface area contributed by atoms with Crippen LogP contribution in [-0.2, 0) is 14.8 Å².